The summed E-state index contributed by atoms with van der Waals surface area (Å²) in [5.74, 6) is 0. The van der Waals surface area contributed by atoms with Gasteiger partial charge in [0.05, 0.1) is 11.9 Å². The highest BCUT2D eigenvalue weighted by Gasteiger charge is 2.34. The molecule has 1 rings (SSSR count). The molecule has 14 heavy (non-hydrogen) atoms. The Morgan fingerprint density at radius 1 is 1.43 bits per heavy atom. The van der Waals surface area contributed by atoms with Gasteiger partial charge in [0, 0.05) is 12.6 Å². The molecule has 0 aliphatic heterocycles. The van der Waals surface area contributed by atoms with Gasteiger partial charge in [0.25, 0.3) is 0 Å². The Bertz CT molecular complexity index is 270. The van der Waals surface area contributed by atoms with Gasteiger partial charge in [-0.3, -0.25) is 0 Å². The lowest BCUT2D eigenvalue weighted by molar-refractivity contribution is 0.177. The van der Waals surface area contributed by atoms with Crippen molar-refractivity contribution in [2.75, 3.05) is 13.2 Å². The topological polar surface area (TPSA) is 57.6 Å². The maximum Gasteiger partial charge on any atom is 0.216 e. The normalized spacial score (nSPS) is 18.9. The Morgan fingerprint density at radius 2 is 2.00 bits per heavy atom. The van der Waals surface area contributed by atoms with Crippen LogP contribution in [0.25, 0.3) is 0 Å². The molecule has 1 fully saturated rings. The molecule has 1 aliphatic rings. The van der Waals surface area contributed by atoms with Gasteiger partial charge in [-0.1, -0.05) is 6.42 Å². The van der Waals surface area contributed by atoms with Crippen molar-refractivity contribution in [1.82, 2.24) is 4.31 Å². The van der Waals surface area contributed by atoms with E-state index in [1.807, 2.05) is 0 Å². The number of aliphatic hydroxyl groups is 1. The van der Waals surface area contributed by atoms with Gasteiger partial charge in [0.15, 0.2) is 0 Å². The van der Waals surface area contributed by atoms with E-state index in [1.165, 1.54) is 4.31 Å². The quantitative estimate of drug-likeness (QED) is 0.738. The van der Waals surface area contributed by atoms with E-state index in [0.717, 1.165) is 19.3 Å². The summed E-state index contributed by atoms with van der Waals surface area (Å²) >= 11 is 0. The molecule has 0 heterocycles. The Labute approximate surface area is 86.0 Å². The molecule has 1 saturated carbocycles. The second kappa shape index (κ2) is 4.59. The minimum Gasteiger partial charge on any atom is -0.395 e. The van der Waals surface area contributed by atoms with Crippen molar-refractivity contribution in [2.45, 2.75) is 44.4 Å². The van der Waals surface area contributed by atoms with Crippen LogP contribution in [0.1, 0.15) is 33.1 Å². The number of hydrogen-bond donors (Lipinski definition) is 1. The standard InChI is InChI=1S/C9H19NO3S/c1-8(2)14(12,13)10(6-7-11)9-4-3-5-9/h8-9,11H,3-7H2,1-2H3. The first-order valence-electron chi connectivity index (χ1n) is 5.11. The van der Waals surface area contributed by atoms with Crippen LogP contribution in [-0.4, -0.2) is 42.3 Å². The second-order valence-corrected chi connectivity index (χ2v) is 6.45. The van der Waals surface area contributed by atoms with Crippen LogP contribution < -0.4 is 0 Å². The maximum absolute atomic E-state index is 11.9. The van der Waals surface area contributed by atoms with E-state index < -0.39 is 15.3 Å². The zero-order valence-corrected chi connectivity index (χ0v) is 9.63. The molecular weight excluding hydrogens is 202 g/mol. The van der Waals surface area contributed by atoms with Crippen molar-refractivity contribution >= 4 is 10.0 Å². The minimum absolute atomic E-state index is 0.0948. The van der Waals surface area contributed by atoms with Crippen molar-refractivity contribution in [3.05, 3.63) is 0 Å². The molecule has 0 radical (unpaired) electrons. The van der Waals surface area contributed by atoms with Gasteiger partial charge in [0.2, 0.25) is 10.0 Å². The lowest BCUT2D eigenvalue weighted by atomic mass is 9.93. The molecule has 84 valence electrons. The van der Waals surface area contributed by atoms with Crippen LogP contribution in [0, 0.1) is 0 Å². The van der Waals surface area contributed by atoms with Crippen molar-refractivity contribution < 1.29 is 13.5 Å². The van der Waals surface area contributed by atoms with E-state index in [2.05, 4.69) is 0 Å². The van der Waals surface area contributed by atoms with E-state index in [4.69, 9.17) is 5.11 Å². The van der Waals surface area contributed by atoms with Crippen molar-refractivity contribution in [1.29, 1.82) is 0 Å². The average Bonchev–Trinajstić information content (AvgIpc) is 2.00. The molecule has 5 heteroatoms. The van der Waals surface area contributed by atoms with E-state index in [-0.39, 0.29) is 19.2 Å². The van der Waals surface area contributed by atoms with Gasteiger partial charge in [-0.15, -0.1) is 0 Å². The third-order valence-corrected chi connectivity index (χ3v) is 5.05. The van der Waals surface area contributed by atoms with Gasteiger partial charge in [-0.2, -0.15) is 4.31 Å². The molecular formula is C9H19NO3S. The lowest BCUT2D eigenvalue weighted by Gasteiger charge is -2.37. The predicted molar refractivity (Wildman–Crippen MR) is 55.5 cm³/mol. The van der Waals surface area contributed by atoms with Crippen LogP contribution in [0.3, 0.4) is 0 Å². The first-order valence-corrected chi connectivity index (χ1v) is 6.62. The van der Waals surface area contributed by atoms with E-state index in [9.17, 15) is 8.42 Å². The largest absolute Gasteiger partial charge is 0.395 e. The molecule has 0 amide bonds. The summed E-state index contributed by atoms with van der Waals surface area (Å²) in [7, 11) is -3.19. The smallest absolute Gasteiger partial charge is 0.216 e. The van der Waals surface area contributed by atoms with Crippen LogP contribution in [-0.2, 0) is 10.0 Å². The van der Waals surface area contributed by atoms with Crippen molar-refractivity contribution in [3.8, 4) is 0 Å². The molecule has 4 nitrogen and oxygen atoms in total. The summed E-state index contributed by atoms with van der Waals surface area (Å²) in [6.45, 7) is 3.50. The highest BCUT2D eigenvalue weighted by Crippen LogP contribution is 2.28. The first-order chi connectivity index (χ1) is 6.50. The zero-order valence-electron chi connectivity index (χ0n) is 8.81. The van der Waals surface area contributed by atoms with Crippen molar-refractivity contribution in [3.63, 3.8) is 0 Å². The van der Waals surface area contributed by atoms with Gasteiger partial charge in [-0.25, -0.2) is 8.42 Å². The van der Waals surface area contributed by atoms with E-state index in [0.29, 0.717) is 0 Å². The summed E-state index contributed by atoms with van der Waals surface area (Å²) < 4.78 is 25.2. The Morgan fingerprint density at radius 3 is 2.29 bits per heavy atom. The molecule has 0 unspecified atom stereocenters. The summed E-state index contributed by atoms with van der Waals surface area (Å²) in [6.07, 6.45) is 2.97. The van der Waals surface area contributed by atoms with Crippen LogP contribution in [0.15, 0.2) is 0 Å². The fraction of sp³-hybridized carbons (Fsp3) is 1.00. The summed E-state index contributed by atoms with van der Waals surface area (Å²) in [4.78, 5) is 0. The zero-order chi connectivity index (χ0) is 10.8. The molecule has 1 aliphatic carbocycles. The molecule has 1 N–H and O–H groups in total. The maximum atomic E-state index is 11.9. The van der Waals surface area contributed by atoms with Crippen molar-refractivity contribution in [2.24, 2.45) is 0 Å². The van der Waals surface area contributed by atoms with Crippen LogP contribution in [0.5, 0.6) is 0 Å². The number of sulfonamides is 1. The molecule has 0 saturated heterocycles. The molecule has 0 aromatic heterocycles. The van der Waals surface area contributed by atoms with Gasteiger partial charge >= 0.3 is 0 Å². The monoisotopic (exact) mass is 221 g/mol. The molecule has 0 spiro atoms. The Kier molecular flexibility index (Phi) is 3.92. The number of hydrogen-bond acceptors (Lipinski definition) is 3. The summed E-state index contributed by atoms with van der Waals surface area (Å²) in [5.41, 5.74) is 0. The van der Waals surface area contributed by atoms with E-state index >= 15 is 0 Å². The van der Waals surface area contributed by atoms with Crippen LogP contribution >= 0.6 is 0 Å². The third-order valence-electron chi connectivity index (χ3n) is 2.72. The number of nitrogens with zero attached hydrogens (tertiary/aromatic N) is 1. The van der Waals surface area contributed by atoms with E-state index in [1.54, 1.807) is 13.8 Å². The Balaban J connectivity index is 2.75. The highest BCUT2D eigenvalue weighted by molar-refractivity contribution is 7.89. The van der Waals surface area contributed by atoms with Crippen LogP contribution in [0.2, 0.25) is 0 Å². The molecule has 0 atom stereocenters. The van der Waals surface area contributed by atoms with Gasteiger partial charge in [0.1, 0.15) is 0 Å². The molecule has 0 aromatic carbocycles. The molecule has 0 bridgehead atoms. The molecule has 0 aromatic rings. The minimum atomic E-state index is -3.19. The summed E-state index contributed by atoms with van der Waals surface area (Å²) in [5, 5.41) is 8.45. The third kappa shape index (κ3) is 2.27. The van der Waals surface area contributed by atoms with Crippen LogP contribution in [0.4, 0.5) is 0 Å². The van der Waals surface area contributed by atoms with Gasteiger partial charge in [-0.05, 0) is 26.7 Å². The first kappa shape index (κ1) is 11.9. The fourth-order valence-electron chi connectivity index (χ4n) is 1.56. The Hall–Kier alpha value is -0.130. The average molecular weight is 221 g/mol. The van der Waals surface area contributed by atoms with Gasteiger partial charge < -0.3 is 5.11 Å². The second-order valence-electron chi connectivity index (χ2n) is 4.01. The number of rotatable bonds is 5. The summed E-state index contributed by atoms with van der Waals surface area (Å²) in [6, 6.07) is 0.134. The lowest BCUT2D eigenvalue weighted by Crippen LogP contribution is -2.48. The highest BCUT2D eigenvalue weighted by atomic mass is 32.2. The SMILES string of the molecule is CC(C)S(=O)(=O)N(CCO)C1CCC1. The predicted octanol–water partition coefficient (Wildman–Crippen LogP) is 0.571. The fourth-order valence-corrected chi connectivity index (χ4v) is 3.07. The number of aliphatic hydroxyl groups excluding tert-OH is 1.